The molecule has 0 saturated heterocycles. The Kier molecular flexibility index (Phi) is 5.55. The molecule has 0 aliphatic rings. The molecule has 3 aromatic carbocycles. The van der Waals surface area contributed by atoms with Crippen LogP contribution in [0.3, 0.4) is 0 Å². The van der Waals surface area contributed by atoms with Gasteiger partial charge in [0, 0.05) is 16.2 Å². The molecule has 0 radical (unpaired) electrons. The van der Waals surface area contributed by atoms with Gasteiger partial charge in [0.25, 0.3) is 0 Å². The van der Waals surface area contributed by atoms with Gasteiger partial charge >= 0.3 is 0 Å². The largest absolute Gasteiger partial charge is 0.489 e. The molecule has 0 fully saturated rings. The summed E-state index contributed by atoms with van der Waals surface area (Å²) in [7, 11) is 0. The second-order valence-electron chi connectivity index (χ2n) is 5.72. The van der Waals surface area contributed by atoms with Crippen LogP contribution in [0.2, 0.25) is 0 Å². The highest BCUT2D eigenvalue weighted by Crippen LogP contribution is 2.24. The molecule has 0 heterocycles. The van der Waals surface area contributed by atoms with E-state index in [9.17, 15) is 0 Å². The lowest BCUT2D eigenvalue weighted by molar-refractivity contribution is 0.306. The number of anilines is 1. The van der Waals surface area contributed by atoms with Crippen LogP contribution in [-0.4, -0.2) is 0 Å². The van der Waals surface area contributed by atoms with E-state index >= 15 is 0 Å². The van der Waals surface area contributed by atoms with Crippen molar-refractivity contribution in [2.24, 2.45) is 0 Å². The van der Waals surface area contributed by atoms with Crippen LogP contribution in [0.4, 0.5) is 5.69 Å². The van der Waals surface area contributed by atoms with Crippen molar-refractivity contribution in [3.8, 4) is 5.75 Å². The van der Waals surface area contributed by atoms with Crippen molar-refractivity contribution in [2.45, 2.75) is 19.6 Å². The zero-order valence-corrected chi connectivity index (χ0v) is 15.2. The van der Waals surface area contributed by atoms with Gasteiger partial charge in [-0.2, -0.15) is 0 Å². The average Bonchev–Trinajstić information content (AvgIpc) is 2.61. The highest BCUT2D eigenvalue weighted by molar-refractivity contribution is 9.10. The fourth-order valence-corrected chi connectivity index (χ4v) is 2.90. The molecule has 122 valence electrons. The molecule has 24 heavy (non-hydrogen) atoms. The van der Waals surface area contributed by atoms with E-state index in [0.29, 0.717) is 6.61 Å². The summed E-state index contributed by atoms with van der Waals surface area (Å²) >= 11 is 3.50. The Labute approximate surface area is 151 Å². The van der Waals surface area contributed by atoms with E-state index in [0.717, 1.165) is 15.9 Å². The van der Waals surface area contributed by atoms with Crippen molar-refractivity contribution in [3.63, 3.8) is 0 Å². The summed E-state index contributed by atoms with van der Waals surface area (Å²) in [4.78, 5) is 0. The number of hydrogen-bond acceptors (Lipinski definition) is 2. The fourth-order valence-electron chi connectivity index (χ4n) is 2.51. The van der Waals surface area contributed by atoms with Crippen LogP contribution in [0.25, 0.3) is 0 Å². The number of benzene rings is 3. The molecule has 3 heteroatoms. The highest BCUT2D eigenvalue weighted by Gasteiger charge is 2.06. The molecule has 0 bridgehead atoms. The van der Waals surface area contributed by atoms with Gasteiger partial charge in [0.05, 0.1) is 0 Å². The first-order valence-corrected chi connectivity index (χ1v) is 8.79. The molecule has 0 aliphatic heterocycles. The Morgan fingerprint density at radius 2 is 1.67 bits per heavy atom. The third kappa shape index (κ3) is 4.62. The molecule has 1 atom stereocenters. The first-order chi connectivity index (χ1) is 11.7. The van der Waals surface area contributed by atoms with Crippen LogP contribution in [0.1, 0.15) is 24.1 Å². The molecule has 2 nitrogen and oxygen atoms in total. The lowest BCUT2D eigenvalue weighted by atomic mass is 10.1. The Hall–Kier alpha value is -2.26. The van der Waals surface area contributed by atoms with Crippen molar-refractivity contribution in [1.29, 1.82) is 0 Å². The van der Waals surface area contributed by atoms with E-state index in [-0.39, 0.29) is 6.04 Å². The van der Waals surface area contributed by atoms with Crippen molar-refractivity contribution in [1.82, 2.24) is 0 Å². The molecule has 3 aromatic rings. The molecule has 0 aromatic heterocycles. The van der Waals surface area contributed by atoms with Gasteiger partial charge in [-0.15, -0.1) is 0 Å². The van der Waals surface area contributed by atoms with E-state index in [1.165, 1.54) is 11.1 Å². The quantitative estimate of drug-likeness (QED) is 0.548. The van der Waals surface area contributed by atoms with E-state index in [1.54, 1.807) is 0 Å². The second-order valence-corrected chi connectivity index (χ2v) is 6.64. The summed E-state index contributed by atoms with van der Waals surface area (Å²) in [5.74, 6) is 0.886. The van der Waals surface area contributed by atoms with Crippen LogP contribution in [0.15, 0.2) is 83.3 Å². The van der Waals surface area contributed by atoms with Gasteiger partial charge in [-0.25, -0.2) is 0 Å². The Morgan fingerprint density at radius 3 is 2.38 bits per heavy atom. The van der Waals surface area contributed by atoms with Crippen LogP contribution in [0, 0.1) is 0 Å². The summed E-state index contributed by atoms with van der Waals surface area (Å²) < 4.78 is 6.91. The van der Waals surface area contributed by atoms with Crippen LogP contribution >= 0.6 is 15.9 Å². The summed E-state index contributed by atoms with van der Waals surface area (Å²) in [6, 6.07) is 26.9. The monoisotopic (exact) mass is 381 g/mol. The summed E-state index contributed by atoms with van der Waals surface area (Å²) in [6.45, 7) is 2.74. The molecule has 0 spiro atoms. The van der Waals surface area contributed by atoms with Crippen molar-refractivity contribution < 1.29 is 4.74 Å². The van der Waals surface area contributed by atoms with E-state index in [1.807, 2.05) is 42.5 Å². The fraction of sp³-hybridized carbons (Fsp3) is 0.143. The Balaban J connectivity index is 1.59. The number of ether oxygens (including phenoxy) is 1. The van der Waals surface area contributed by atoms with Crippen molar-refractivity contribution in [3.05, 3.63) is 94.5 Å². The lowest BCUT2D eigenvalue weighted by Crippen LogP contribution is -2.06. The van der Waals surface area contributed by atoms with Gasteiger partial charge in [-0.1, -0.05) is 64.5 Å². The maximum atomic E-state index is 5.83. The number of nitrogens with one attached hydrogen (secondary N) is 1. The maximum Gasteiger partial charge on any atom is 0.119 e. The topological polar surface area (TPSA) is 21.3 Å². The SMILES string of the molecule is CC(Nc1cccc(Br)c1)c1ccc(OCc2ccccc2)cc1. The van der Waals surface area contributed by atoms with Gasteiger partial charge in [0.2, 0.25) is 0 Å². The third-order valence-electron chi connectivity index (χ3n) is 3.84. The van der Waals surface area contributed by atoms with Gasteiger partial charge in [0.15, 0.2) is 0 Å². The minimum Gasteiger partial charge on any atom is -0.489 e. The third-order valence-corrected chi connectivity index (χ3v) is 4.33. The van der Waals surface area contributed by atoms with Gasteiger partial charge in [-0.3, -0.25) is 0 Å². The van der Waals surface area contributed by atoms with Gasteiger partial charge < -0.3 is 10.1 Å². The predicted molar refractivity (Wildman–Crippen MR) is 103 cm³/mol. The second kappa shape index (κ2) is 8.02. The van der Waals surface area contributed by atoms with E-state index in [2.05, 4.69) is 64.6 Å². The Morgan fingerprint density at radius 1 is 0.917 bits per heavy atom. The molecular formula is C21H20BrNO. The zero-order valence-electron chi connectivity index (χ0n) is 13.6. The number of halogens is 1. The molecule has 1 unspecified atom stereocenters. The van der Waals surface area contributed by atoms with Crippen molar-refractivity contribution in [2.75, 3.05) is 5.32 Å². The summed E-state index contributed by atoms with van der Waals surface area (Å²) in [6.07, 6.45) is 0. The van der Waals surface area contributed by atoms with Crippen LogP contribution in [0.5, 0.6) is 5.75 Å². The number of rotatable bonds is 6. The predicted octanol–water partition coefficient (Wildman–Crippen LogP) is 6.20. The van der Waals surface area contributed by atoms with E-state index < -0.39 is 0 Å². The first-order valence-electron chi connectivity index (χ1n) is 7.99. The minimum atomic E-state index is 0.225. The normalized spacial score (nSPS) is 11.8. The van der Waals surface area contributed by atoms with Crippen LogP contribution in [-0.2, 0) is 6.61 Å². The van der Waals surface area contributed by atoms with E-state index in [4.69, 9.17) is 4.74 Å². The molecule has 0 aliphatic carbocycles. The first kappa shape index (κ1) is 16.6. The summed E-state index contributed by atoms with van der Waals surface area (Å²) in [5.41, 5.74) is 3.49. The smallest absolute Gasteiger partial charge is 0.119 e. The average molecular weight is 382 g/mol. The van der Waals surface area contributed by atoms with Crippen LogP contribution < -0.4 is 10.1 Å². The molecule has 3 rings (SSSR count). The van der Waals surface area contributed by atoms with Gasteiger partial charge in [0.1, 0.15) is 12.4 Å². The highest BCUT2D eigenvalue weighted by atomic mass is 79.9. The maximum absolute atomic E-state index is 5.83. The standard InChI is InChI=1S/C21H20BrNO/c1-16(23-20-9-5-8-19(22)14-20)18-10-12-21(13-11-18)24-15-17-6-3-2-4-7-17/h2-14,16,23H,15H2,1H3. The number of hydrogen-bond donors (Lipinski definition) is 1. The lowest BCUT2D eigenvalue weighted by Gasteiger charge is -2.16. The molecule has 1 N–H and O–H groups in total. The minimum absolute atomic E-state index is 0.225. The summed E-state index contributed by atoms with van der Waals surface area (Å²) in [5, 5.41) is 3.51. The van der Waals surface area contributed by atoms with Gasteiger partial charge in [-0.05, 0) is 48.4 Å². The Bertz CT molecular complexity index is 771. The van der Waals surface area contributed by atoms with Crippen molar-refractivity contribution >= 4 is 21.6 Å². The molecule has 0 saturated carbocycles. The zero-order chi connectivity index (χ0) is 16.8. The molecular weight excluding hydrogens is 362 g/mol. The molecule has 0 amide bonds.